The third kappa shape index (κ3) is 3.41. The van der Waals surface area contributed by atoms with Crippen LogP contribution >= 0.6 is 0 Å². The van der Waals surface area contributed by atoms with Gasteiger partial charge in [0.15, 0.2) is 0 Å². The van der Waals surface area contributed by atoms with Crippen LogP contribution in [-0.2, 0) is 0 Å². The quantitative estimate of drug-likeness (QED) is 0.386. The van der Waals surface area contributed by atoms with Gasteiger partial charge in [0.2, 0.25) is 0 Å². The summed E-state index contributed by atoms with van der Waals surface area (Å²) in [6, 6.07) is 0. The van der Waals surface area contributed by atoms with E-state index in [2.05, 4.69) is 34.6 Å². The second kappa shape index (κ2) is 9.00. The van der Waals surface area contributed by atoms with Crippen molar-refractivity contribution in [1.29, 1.82) is 0 Å². The van der Waals surface area contributed by atoms with Gasteiger partial charge in [-0.2, -0.15) is 0 Å². The third-order valence-electron chi connectivity index (χ3n) is 9.53. The molecule has 0 heterocycles. The maximum atomic E-state index is 2.67. The van der Waals surface area contributed by atoms with E-state index in [1.807, 2.05) is 0 Å². The monoisotopic (exact) mass is 360 g/mol. The molecule has 0 aromatic rings. The minimum absolute atomic E-state index is 0.782. The van der Waals surface area contributed by atoms with E-state index in [0.29, 0.717) is 0 Å². The Kier molecular flexibility index (Phi) is 7.17. The lowest BCUT2D eigenvalue weighted by molar-refractivity contribution is -0.0196. The van der Waals surface area contributed by atoms with Crippen LogP contribution in [-0.4, -0.2) is 0 Å². The molecule has 8 atom stereocenters. The molecular formula is C26H48. The molecule has 3 aliphatic rings. The van der Waals surface area contributed by atoms with Crippen LogP contribution < -0.4 is 0 Å². The SMILES string of the molecule is CCCCC12CCC1C1CCC(CCC)C(C)C(CCC)C1C2CCC. The van der Waals surface area contributed by atoms with Crippen LogP contribution in [0.25, 0.3) is 0 Å². The lowest BCUT2D eigenvalue weighted by atomic mass is 9.53. The van der Waals surface area contributed by atoms with Crippen molar-refractivity contribution in [2.24, 2.45) is 46.8 Å². The molecule has 3 fully saturated rings. The Labute approximate surface area is 165 Å². The van der Waals surface area contributed by atoms with E-state index in [1.54, 1.807) is 32.1 Å². The molecule has 8 unspecified atom stereocenters. The van der Waals surface area contributed by atoms with Crippen LogP contribution in [0.3, 0.4) is 0 Å². The molecule has 0 radical (unpaired) electrons. The van der Waals surface area contributed by atoms with E-state index >= 15 is 0 Å². The number of rotatable bonds is 9. The summed E-state index contributed by atoms with van der Waals surface area (Å²) in [6.07, 6.45) is 19.5. The minimum Gasteiger partial charge on any atom is -0.0654 e. The van der Waals surface area contributed by atoms with E-state index in [1.165, 1.54) is 51.4 Å². The van der Waals surface area contributed by atoms with Gasteiger partial charge >= 0.3 is 0 Å². The smallest absolute Gasteiger partial charge is 0.0235 e. The van der Waals surface area contributed by atoms with Gasteiger partial charge in [-0.25, -0.2) is 0 Å². The summed E-state index contributed by atoms with van der Waals surface area (Å²) in [7, 11) is 0. The van der Waals surface area contributed by atoms with Crippen molar-refractivity contribution in [3.8, 4) is 0 Å². The first-order chi connectivity index (χ1) is 12.6. The van der Waals surface area contributed by atoms with Crippen LogP contribution in [0.2, 0.25) is 0 Å². The van der Waals surface area contributed by atoms with E-state index in [0.717, 1.165) is 46.8 Å². The van der Waals surface area contributed by atoms with Crippen LogP contribution in [0.1, 0.15) is 118 Å². The van der Waals surface area contributed by atoms with Gasteiger partial charge in [0.1, 0.15) is 0 Å². The molecule has 3 rings (SSSR count). The largest absolute Gasteiger partial charge is 0.0654 e. The van der Waals surface area contributed by atoms with Crippen molar-refractivity contribution in [2.75, 3.05) is 0 Å². The van der Waals surface area contributed by atoms with Gasteiger partial charge in [0, 0.05) is 0 Å². The van der Waals surface area contributed by atoms with Crippen molar-refractivity contribution in [3.05, 3.63) is 0 Å². The molecule has 152 valence electrons. The van der Waals surface area contributed by atoms with E-state index in [-0.39, 0.29) is 0 Å². The fourth-order valence-electron chi connectivity index (χ4n) is 8.47. The first-order valence-electron chi connectivity index (χ1n) is 12.6. The van der Waals surface area contributed by atoms with Crippen molar-refractivity contribution < 1.29 is 0 Å². The standard InChI is InChI=1S/C26H48/c1-6-10-17-26-18-16-23(26)22-15-14-20(11-7-2)19(5)21(12-8-3)25(22)24(26)13-9-4/h19-25H,6-18H2,1-5H3. The van der Waals surface area contributed by atoms with Crippen LogP contribution in [0.5, 0.6) is 0 Å². The summed E-state index contributed by atoms with van der Waals surface area (Å²) in [6.45, 7) is 12.4. The summed E-state index contributed by atoms with van der Waals surface area (Å²) in [5.74, 6) is 7.39. The molecule has 0 aromatic heterocycles. The Morgan fingerprint density at radius 2 is 1.54 bits per heavy atom. The second-order valence-corrected chi connectivity index (χ2v) is 10.6. The molecule has 0 aromatic carbocycles. The Morgan fingerprint density at radius 3 is 2.12 bits per heavy atom. The van der Waals surface area contributed by atoms with E-state index in [9.17, 15) is 0 Å². The van der Waals surface area contributed by atoms with Gasteiger partial charge in [-0.05, 0) is 85.4 Å². The maximum absolute atomic E-state index is 2.67. The molecule has 26 heavy (non-hydrogen) atoms. The molecule has 0 N–H and O–H groups in total. The highest BCUT2D eigenvalue weighted by Crippen LogP contribution is 2.72. The fourth-order valence-corrected chi connectivity index (χ4v) is 8.47. The molecule has 0 aliphatic heterocycles. The lowest BCUT2D eigenvalue weighted by Crippen LogP contribution is -2.43. The summed E-state index contributed by atoms with van der Waals surface area (Å²) in [4.78, 5) is 0. The Hall–Kier alpha value is 0. The molecule has 0 amide bonds. The average molecular weight is 361 g/mol. The highest BCUT2D eigenvalue weighted by atomic mass is 14.7. The van der Waals surface area contributed by atoms with E-state index in [4.69, 9.17) is 0 Å². The molecule has 0 saturated heterocycles. The molecule has 0 spiro atoms. The zero-order chi connectivity index (χ0) is 18.7. The molecule has 0 heteroatoms. The number of fused-ring (bicyclic) bond motifs is 3. The van der Waals surface area contributed by atoms with Gasteiger partial charge in [-0.1, -0.05) is 79.6 Å². The molecule has 3 aliphatic carbocycles. The zero-order valence-corrected chi connectivity index (χ0v) is 18.7. The Morgan fingerprint density at radius 1 is 0.808 bits per heavy atom. The summed E-state index contributed by atoms with van der Waals surface area (Å²) in [5, 5.41) is 0. The first-order valence-corrected chi connectivity index (χ1v) is 12.6. The van der Waals surface area contributed by atoms with Crippen molar-refractivity contribution in [2.45, 2.75) is 118 Å². The normalized spacial score (nSPS) is 44.9. The Bertz CT molecular complexity index is 426. The first kappa shape index (κ1) is 20.7. The zero-order valence-electron chi connectivity index (χ0n) is 18.7. The Balaban J connectivity index is 1.92. The highest BCUT2D eigenvalue weighted by molar-refractivity contribution is 5.13. The number of hydrogen-bond acceptors (Lipinski definition) is 0. The van der Waals surface area contributed by atoms with E-state index < -0.39 is 0 Å². The molecule has 0 bridgehead atoms. The highest BCUT2D eigenvalue weighted by Gasteiger charge is 2.64. The lowest BCUT2D eigenvalue weighted by Gasteiger charge is -2.51. The second-order valence-electron chi connectivity index (χ2n) is 10.6. The third-order valence-corrected chi connectivity index (χ3v) is 9.53. The minimum atomic E-state index is 0.782. The van der Waals surface area contributed by atoms with Crippen molar-refractivity contribution >= 4 is 0 Å². The van der Waals surface area contributed by atoms with Gasteiger partial charge in [-0.15, -0.1) is 0 Å². The molecular weight excluding hydrogens is 312 g/mol. The predicted molar refractivity (Wildman–Crippen MR) is 115 cm³/mol. The number of hydrogen-bond donors (Lipinski definition) is 0. The van der Waals surface area contributed by atoms with Crippen LogP contribution in [0, 0.1) is 46.8 Å². The van der Waals surface area contributed by atoms with Crippen LogP contribution in [0.4, 0.5) is 0 Å². The predicted octanol–water partition coefficient (Wildman–Crippen LogP) is 8.50. The molecule has 3 saturated carbocycles. The van der Waals surface area contributed by atoms with Gasteiger partial charge in [0.25, 0.3) is 0 Å². The van der Waals surface area contributed by atoms with Crippen molar-refractivity contribution in [3.63, 3.8) is 0 Å². The summed E-state index contributed by atoms with van der Waals surface area (Å²) < 4.78 is 0. The van der Waals surface area contributed by atoms with Gasteiger partial charge < -0.3 is 0 Å². The fraction of sp³-hybridized carbons (Fsp3) is 1.00. The molecule has 0 nitrogen and oxygen atoms in total. The average Bonchev–Trinajstić information content (AvgIpc) is 2.69. The van der Waals surface area contributed by atoms with Crippen LogP contribution in [0.15, 0.2) is 0 Å². The summed E-state index contributed by atoms with van der Waals surface area (Å²) in [5.41, 5.74) is 0.782. The van der Waals surface area contributed by atoms with Crippen molar-refractivity contribution in [1.82, 2.24) is 0 Å². The number of unbranched alkanes of at least 4 members (excludes halogenated alkanes) is 1. The summed E-state index contributed by atoms with van der Waals surface area (Å²) >= 11 is 0. The maximum Gasteiger partial charge on any atom is -0.0235 e. The van der Waals surface area contributed by atoms with Gasteiger partial charge in [-0.3, -0.25) is 0 Å². The van der Waals surface area contributed by atoms with Gasteiger partial charge in [0.05, 0.1) is 0 Å². The topological polar surface area (TPSA) is 0 Å².